The number of halogens is 4. The summed E-state index contributed by atoms with van der Waals surface area (Å²) in [7, 11) is -1.41. The summed E-state index contributed by atoms with van der Waals surface area (Å²) in [5.74, 6) is -3.05. The molecule has 12 nitrogen and oxygen atoms in total. The number of sulfone groups is 1. The number of hydrogen-bond acceptors (Lipinski definition) is 11. The maximum Gasteiger partial charge on any atom is 0.387 e. The summed E-state index contributed by atoms with van der Waals surface area (Å²) in [5.41, 5.74) is 0.476. The van der Waals surface area contributed by atoms with E-state index in [1.807, 2.05) is 0 Å². The zero-order valence-electron chi connectivity index (χ0n) is 27.9. The maximum atomic E-state index is 14.0. The molecular weight excluding hydrogens is 739 g/mol. The Morgan fingerprint density at radius 2 is 1.65 bits per heavy atom. The van der Waals surface area contributed by atoms with Gasteiger partial charge >= 0.3 is 18.6 Å². The summed E-state index contributed by atoms with van der Waals surface area (Å²) in [4.78, 5) is 25.2. The van der Waals surface area contributed by atoms with E-state index in [0.717, 1.165) is 25.2 Å². The van der Waals surface area contributed by atoms with E-state index in [1.54, 1.807) is 0 Å². The first-order valence-corrected chi connectivity index (χ1v) is 18.2. The topological polar surface area (TPSA) is 151 Å². The van der Waals surface area contributed by atoms with Gasteiger partial charge in [-0.2, -0.15) is 13.5 Å². The first kappa shape index (κ1) is 39.7. The third-order valence-electron chi connectivity index (χ3n) is 7.90. The number of rotatable bonds is 19. The Morgan fingerprint density at radius 3 is 2.25 bits per heavy atom. The first-order valence-electron chi connectivity index (χ1n) is 15.8. The number of methoxy groups -OCH3 is 2. The number of hydrogen-bond donors (Lipinski definition) is 0. The second kappa shape index (κ2) is 17.9. The lowest BCUT2D eigenvalue weighted by Crippen LogP contribution is -2.29. The third-order valence-corrected chi connectivity index (χ3v) is 10.4. The van der Waals surface area contributed by atoms with Crippen LogP contribution >= 0.6 is 23.2 Å². The second-order valence-corrected chi connectivity index (χ2v) is 14.6. The Hall–Kier alpha value is -4.08. The van der Waals surface area contributed by atoms with Crippen LogP contribution in [0.4, 0.5) is 8.78 Å². The van der Waals surface area contributed by atoms with Crippen LogP contribution in [0.3, 0.4) is 0 Å². The standard InChI is InChI=1S/C34H37Cl2F2NO11S/c1-20(40)47-12-4-5-23(19-51(43,44)24-9-11-28(45-2)31(14-24)46-3)33(41)49-30(15-25-26(35)16-39(42)17-27(25)36)22-8-10-29(50-34(37)38)32(13-22)48-18-21-6-7-21/h8-11,13-14,16-17,21,23,30,34H,4-7,12,15,18-19H2,1-3H3/t23-,30-/m0/s1. The van der Waals surface area contributed by atoms with E-state index in [9.17, 15) is 32.0 Å². The molecule has 0 unspecified atom stereocenters. The van der Waals surface area contributed by atoms with Crippen molar-refractivity contribution in [3.8, 4) is 23.0 Å². The molecule has 0 saturated heterocycles. The van der Waals surface area contributed by atoms with Crippen molar-refractivity contribution in [1.29, 1.82) is 0 Å². The summed E-state index contributed by atoms with van der Waals surface area (Å²) in [6.45, 7) is -1.77. The molecule has 3 aromatic rings. The number of benzene rings is 2. The minimum Gasteiger partial charge on any atom is -0.619 e. The predicted molar refractivity (Wildman–Crippen MR) is 180 cm³/mol. The SMILES string of the molecule is COc1ccc(S(=O)(=O)C[C@H](CCCOC(C)=O)C(=O)O[C@@H](Cc2c(Cl)c[n+]([O-])cc2Cl)c2ccc(OC(F)F)c(OCC3CC3)c2)cc1OC. The van der Waals surface area contributed by atoms with Crippen LogP contribution in [0.25, 0.3) is 0 Å². The van der Waals surface area contributed by atoms with Crippen LogP contribution in [0, 0.1) is 17.0 Å². The van der Waals surface area contributed by atoms with Gasteiger partial charge in [0.2, 0.25) is 0 Å². The smallest absolute Gasteiger partial charge is 0.387 e. The van der Waals surface area contributed by atoms with Gasteiger partial charge in [0.1, 0.15) is 16.1 Å². The van der Waals surface area contributed by atoms with E-state index in [-0.39, 0.29) is 81.7 Å². The number of pyridine rings is 1. The second-order valence-electron chi connectivity index (χ2n) is 11.7. The van der Waals surface area contributed by atoms with Crippen molar-refractivity contribution in [2.24, 2.45) is 11.8 Å². The van der Waals surface area contributed by atoms with Gasteiger partial charge < -0.3 is 33.6 Å². The minimum atomic E-state index is -4.16. The highest BCUT2D eigenvalue weighted by Crippen LogP contribution is 2.38. The first-order chi connectivity index (χ1) is 24.2. The molecule has 0 radical (unpaired) electrons. The monoisotopic (exact) mass is 775 g/mol. The van der Waals surface area contributed by atoms with Crippen molar-refractivity contribution >= 4 is 45.0 Å². The lowest BCUT2D eigenvalue weighted by atomic mass is 10.00. The van der Waals surface area contributed by atoms with E-state index >= 15 is 0 Å². The average Bonchev–Trinajstić information content (AvgIpc) is 3.90. The molecule has 0 spiro atoms. The third kappa shape index (κ3) is 11.5. The molecule has 1 fully saturated rings. The summed E-state index contributed by atoms with van der Waals surface area (Å²) in [5, 5.41) is 11.9. The highest BCUT2D eigenvalue weighted by Gasteiger charge is 2.32. The van der Waals surface area contributed by atoms with Crippen LogP contribution in [0.15, 0.2) is 53.7 Å². The number of carbonyl (C=O) groups is 2. The van der Waals surface area contributed by atoms with E-state index in [1.165, 1.54) is 57.5 Å². The minimum absolute atomic E-state index is 0.0302. The summed E-state index contributed by atoms with van der Waals surface area (Å²) < 4.78 is 86.2. The van der Waals surface area contributed by atoms with Crippen LogP contribution < -0.4 is 23.7 Å². The van der Waals surface area contributed by atoms with Crippen LogP contribution in [0.5, 0.6) is 23.0 Å². The number of esters is 2. The molecule has 1 aliphatic rings. The lowest BCUT2D eigenvalue weighted by molar-refractivity contribution is -0.605. The van der Waals surface area contributed by atoms with Gasteiger partial charge in [0.15, 0.2) is 45.2 Å². The molecule has 0 aliphatic heterocycles. The summed E-state index contributed by atoms with van der Waals surface area (Å²) >= 11 is 12.7. The molecule has 1 aromatic heterocycles. The molecule has 2 aromatic carbocycles. The van der Waals surface area contributed by atoms with Gasteiger partial charge in [-0.1, -0.05) is 29.3 Å². The van der Waals surface area contributed by atoms with E-state index in [4.69, 9.17) is 46.9 Å². The van der Waals surface area contributed by atoms with Gasteiger partial charge in [-0.15, -0.1) is 0 Å². The van der Waals surface area contributed by atoms with E-state index in [0.29, 0.717) is 10.5 Å². The number of carbonyl (C=O) groups excluding carboxylic acids is 2. The Labute approximate surface area is 303 Å². The highest BCUT2D eigenvalue weighted by atomic mass is 35.5. The molecule has 0 bridgehead atoms. The van der Waals surface area contributed by atoms with Gasteiger partial charge in [-0.3, -0.25) is 9.59 Å². The van der Waals surface area contributed by atoms with Crippen molar-refractivity contribution in [3.63, 3.8) is 0 Å². The number of nitrogens with zero attached hydrogens (tertiary/aromatic N) is 1. The van der Waals surface area contributed by atoms with Crippen LogP contribution in [0.2, 0.25) is 10.0 Å². The molecule has 4 rings (SSSR count). The molecule has 51 heavy (non-hydrogen) atoms. The Morgan fingerprint density at radius 1 is 0.980 bits per heavy atom. The molecule has 0 amide bonds. The fourth-order valence-corrected chi connectivity index (χ4v) is 7.27. The summed E-state index contributed by atoms with van der Waals surface area (Å²) in [6, 6.07) is 8.00. The molecule has 0 N–H and O–H groups in total. The van der Waals surface area contributed by atoms with Gasteiger partial charge in [0.25, 0.3) is 0 Å². The van der Waals surface area contributed by atoms with Gasteiger partial charge in [0, 0.05) is 25.0 Å². The van der Waals surface area contributed by atoms with Crippen molar-refractivity contribution in [2.45, 2.75) is 56.6 Å². The normalized spacial score (nSPS) is 14.0. The van der Waals surface area contributed by atoms with E-state index in [2.05, 4.69) is 4.74 Å². The van der Waals surface area contributed by atoms with Gasteiger partial charge in [-0.25, -0.2) is 8.42 Å². The number of ether oxygens (including phenoxy) is 6. The zero-order chi connectivity index (χ0) is 37.3. The van der Waals surface area contributed by atoms with Crippen LogP contribution in [0.1, 0.15) is 49.8 Å². The predicted octanol–water partition coefficient (Wildman–Crippen LogP) is 6.29. The largest absolute Gasteiger partial charge is 0.619 e. The van der Waals surface area contributed by atoms with E-state index < -0.39 is 46.2 Å². The lowest BCUT2D eigenvalue weighted by Gasteiger charge is -2.24. The number of alkyl halides is 2. The van der Waals surface area contributed by atoms with Crippen molar-refractivity contribution in [2.75, 3.05) is 33.2 Å². The molecule has 17 heteroatoms. The van der Waals surface area contributed by atoms with Crippen LogP contribution in [-0.4, -0.2) is 60.2 Å². The Balaban J connectivity index is 1.71. The molecule has 1 aliphatic carbocycles. The molecule has 278 valence electrons. The fourth-order valence-electron chi connectivity index (χ4n) is 5.08. The van der Waals surface area contributed by atoms with Gasteiger partial charge in [0.05, 0.1) is 44.0 Å². The Bertz CT molecular complexity index is 1790. The quantitative estimate of drug-likeness (QED) is 0.0585. The molecule has 1 saturated carbocycles. The number of aromatic nitrogens is 1. The van der Waals surface area contributed by atoms with Crippen molar-refractivity contribution in [1.82, 2.24) is 0 Å². The maximum absolute atomic E-state index is 14.0. The van der Waals surface area contributed by atoms with Crippen LogP contribution in [-0.2, 0) is 35.3 Å². The average molecular weight is 777 g/mol. The highest BCUT2D eigenvalue weighted by molar-refractivity contribution is 7.91. The van der Waals surface area contributed by atoms with Gasteiger partial charge in [-0.05, 0) is 61.4 Å². The molecular formula is C34H37Cl2F2NO11S. The zero-order valence-corrected chi connectivity index (χ0v) is 30.3. The Kier molecular flexibility index (Phi) is 13.9. The van der Waals surface area contributed by atoms with Crippen molar-refractivity contribution in [3.05, 3.63) is 75.2 Å². The fraction of sp³-hybridized carbons (Fsp3) is 0.441. The molecule has 2 atom stereocenters. The molecule has 1 heterocycles. The van der Waals surface area contributed by atoms with Crippen molar-refractivity contribution < 1.29 is 59.9 Å². The summed E-state index contributed by atoms with van der Waals surface area (Å²) in [6.07, 6.45) is 2.55.